The predicted octanol–water partition coefficient (Wildman–Crippen LogP) is 0.814. The highest BCUT2D eigenvalue weighted by Crippen LogP contribution is 2.06. The number of benzene rings is 1. The Balaban J connectivity index is 1.70. The van der Waals surface area contributed by atoms with E-state index in [-0.39, 0.29) is 11.4 Å². The highest BCUT2D eigenvalue weighted by atomic mass is 19.1. The molecule has 0 saturated carbocycles. The zero-order valence-corrected chi connectivity index (χ0v) is 14.1. The lowest BCUT2D eigenvalue weighted by Crippen LogP contribution is -2.41. The molecule has 134 valence electrons. The van der Waals surface area contributed by atoms with Crippen molar-refractivity contribution in [3.05, 3.63) is 47.4 Å². The number of hydrogen-bond donors (Lipinski definition) is 2. The highest BCUT2D eigenvalue weighted by Gasteiger charge is 2.12. The van der Waals surface area contributed by atoms with Gasteiger partial charge in [0.25, 0.3) is 5.91 Å². The Morgan fingerprint density at radius 1 is 1.32 bits per heavy atom. The van der Waals surface area contributed by atoms with Crippen LogP contribution < -0.4 is 10.6 Å². The quantitative estimate of drug-likeness (QED) is 0.414. The molecule has 2 rings (SSSR count). The first-order valence-corrected chi connectivity index (χ1v) is 8.36. The van der Waals surface area contributed by atoms with Gasteiger partial charge in [-0.05, 0) is 18.1 Å². The number of hydrogen-bond acceptors (Lipinski definition) is 5. The summed E-state index contributed by atoms with van der Waals surface area (Å²) in [5.41, 5.74) is 0.604. The Morgan fingerprint density at radius 3 is 2.80 bits per heavy atom. The van der Waals surface area contributed by atoms with E-state index in [0.29, 0.717) is 38.3 Å². The summed E-state index contributed by atoms with van der Waals surface area (Å²) in [4.78, 5) is 14.2. The van der Waals surface area contributed by atoms with Crippen LogP contribution in [0.5, 0.6) is 0 Å². The fourth-order valence-corrected chi connectivity index (χ4v) is 2.48. The number of halogens is 1. The second kappa shape index (κ2) is 10.4. The van der Waals surface area contributed by atoms with E-state index in [9.17, 15) is 9.18 Å². The summed E-state index contributed by atoms with van der Waals surface area (Å²) < 4.78 is 18.8. The summed E-state index contributed by atoms with van der Waals surface area (Å²) in [5.74, 6) is -0.663. The van der Waals surface area contributed by atoms with Gasteiger partial charge in [0.05, 0.1) is 13.2 Å². The summed E-state index contributed by atoms with van der Waals surface area (Å²) in [5, 5.41) is 14.7. The molecule has 1 amide bonds. The molecule has 25 heavy (non-hydrogen) atoms. The van der Waals surface area contributed by atoms with Gasteiger partial charge in [-0.25, -0.2) is 4.39 Å². The molecule has 0 radical (unpaired) electrons. The van der Waals surface area contributed by atoms with E-state index in [1.54, 1.807) is 18.2 Å². The van der Waals surface area contributed by atoms with Gasteiger partial charge in [-0.1, -0.05) is 18.2 Å². The maximum atomic E-state index is 13.5. The smallest absolute Gasteiger partial charge is 0.263 e. The summed E-state index contributed by atoms with van der Waals surface area (Å²) >= 11 is 0. The molecular formula is C18H23FN4O2. The molecule has 0 aliphatic carbocycles. The first kappa shape index (κ1) is 18.9. The van der Waals surface area contributed by atoms with E-state index in [0.717, 1.165) is 19.6 Å². The van der Waals surface area contributed by atoms with Gasteiger partial charge in [0.2, 0.25) is 0 Å². The molecule has 1 aromatic rings. The minimum absolute atomic E-state index is 0.00973. The van der Waals surface area contributed by atoms with Crippen molar-refractivity contribution in [2.24, 2.45) is 0 Å². The Bertz CT molecular complexity index is 636. The molecule has 7 heteroatoms. The van der Waals surface area contributed by atoms with E-state index >= 15 is 0 Å². The van der Waals surface area contributed by atoms with Crippen LogP contribution in [0.4, 0.5) is 4.39 Å². The van der Waals surface area contributed by atoms with Crippen molar-refractivity contribution >= 4 is 5.91 Å². The molecule has 0 atom stereocenters. The molecule has 2 N–H and O–H groups in total. The summed E-state index contributed by atoms with van der Waals surface area (Å²) in [6.45, 7) is 4.78. The van der Waals surface area contributed by atoms with Crippen LogP contribution in [-0.4, -0.2) is 56.7 Å². The minimum Gasteiger partial charge on any atom is -0.389 e. The number of carbonyl (C=O) groups excluding carboxylic acids is 1. The Morgan fingerprint density at radius 2 is 2.08 bits per heavy atom. The number of nitrogens with one attached hydrogen (secondary N) is 2. The largest absolute Gasteiger partial charge is 0.389 e. The molecule has 0 unspecified atom stereocenters. The third-order valence-electron chi connectivity index (χ3n) is 3.93. The molecule has 0 aromatic heterocycles. The van der Waals surface area contributed by atoms with E-state index in [1.165, 1.54) is 12.3 Å². The molecule has 6 nitrogen and oxygen atoms in total. The van der Waals surface area contributed by atoms with Crippen molar-refractivity contribution in [1.82, 2.24) is 15.5 Å². The van der Waals surface area contributed by atoms with Crippen LogP contribution in [0.1, 0.15) is 5.56 Å². The van der Waals surface area contributed by atoms with Crippen LogP contribution in [0.3, 0.4) is 0 Å². The van der Waals surface area contributed by atoms with E-state index in [4.69, 9.17) is 10.00 Å². The van der Waals surface area contributed by atoms with Crippen LogP contribution in [-0.2, 0) is 16.0 Å². The Labute approximate surface area is 147 Å². The van der Waals surface area contributed by atoms with Crippen molar-refractivity contribution < 1.29 is 13.9 Å². The lowest BCUT2D eigenvalue weighted by Gasteiger charge is -2.26. The van der Waals surface area contributed by atoms with Crippen LogP contribution in [0, 0.1) is 17.1 Å². The van der Waals surface area contributed by atoms with Crippen LogP contribution in [0.25, 0.3) is 0 Å². The van der Waals surface area contributed by atoms with Gasteiger partial charge < -0.3 is 15.4 Å². The van der Waals surface area contributed by atoms with Crippen molar-refractivity contribution in [1.29, 1.82) is 5.26 Å². The van der Waals surface area contributed by atoms with Gasteiger partial charge in [-0.15, -0.1) is 0 Å². The number of nitriles is 1. The number of morpholine rings is 1. The predicted molar refractivity (Wildman–Crippen MR) is 92.1 cm³/mol. The molecule has 1 aliphatic heterocycles. The topological polar surface area (TPSA) is 77.4 Å². The number of amides is 1. The maximum Gasteiger partial charge on any atom is 0.263 e. The van der Waals surface area contributed by atoms with Gasteiger partial charge >= 0.3 is 0 Å². The first-order chi connectivity index (χ1) is 12.2. The number of ether oxygens (including phenoxy) is 1. The van der Waals surface area contributed by atoms with Crippen molar-refractivity contribution in [3.8, 4) is 6.07 Å². The first-order valence-electron chi connectivity index (χ1n) is 8.36. The number of rotatable bonds is 8. The van der Waals surface area contributed by atoms with E-state index < -0.39 is 5.91 Å². The molecule has 1 heterocycles. The standard InChI is InChI=1S/C18H23FN4O2/c19-17-4-2-1-3-15(17)5-6-21-14-16(13-20)18(24)22-7-8-23-9-11-25-12-10-23/h1-4,14,21H,5-12H2,(H,22,24)/b16-14-. The van der Waals surface area contributed by atoms with Gasteiger partial charge in [-0.2, -0.15) is 5.26 Å². The fraction of sp³-hybridized carbons (Fsp3) is 0.444. The maximum absolute atomic E-state index is 13.5. The minimum atomic E-state index is -0.408. The van der Waals surface area contributed by atoms with Gasteiger partial charge in [0.1, 0.15) is 17.5 Å². The lowest BCUT2D eigenvalue weighted by atomic mass is 10.1. The van der Waals surface area contributed by atoms with Gasteiger partial charge in [0, 0.05) is 38.9 Å². The SMILES string of the molecule is N#C/C(=C/NCCc1ccccc1F)C(=O)NCCN1CCOCC1. The fourth-order valence-electron chi connectivity index (χ4n) is 2.48. The average Bonchev–Trinajstić information content (AvgIpc) is 2.64. The molecular weight excluding hydrogens is 323 g/mol. The summed E-state index contributed by atoms with van der Waals surface area (Å²) in [6.07, 6.45) is 1.85. The van der Waals surface area contributed by atoms with Gasteiger partial charge in [0.15, 0.2) is 0 Å². The monoisotopic (exact) mass is 346 g/mol. The zero-order chi connectivity index (χ0) is 17.9. The average molecular weight is 346 g/mol. The second-order valence-corrected chi connectivity index (χ2v) is 5.68. The zero-order valence-electron chi connectivity index (χ0n) is 14.1. The molecule has 0 bridgehead atoms. The molecule has 1 aromatic carbocycles. The Kier molecular flexibility index (Phi) is 7.89. The van der Waals surface area contributed by atoms with Crippen molar-refractivity contribution in [3.63, 3.8) is 0 Å². The number of carbonyl (C=O) groups is 1. The normalized spacial score (nSPS) is 15.4. The molecule has 1 fully saturated rings. The summed E-state index contributed by atoms with van der Waals surface area (Å²) in [7, 11) is 0. The second-order valence-electron chi connectivity index (χ2n) is 5.68. The highest BCUT2D eigenvalue weighted by molar-refractivity contribution is 5.97. The van der Waals surface area contributed by atoms with Gasteiger partial charge in [-0.3, -0.25) is 9.69 Å². The van der Waals surface area contributed by atoms with Crippen LogP contribution in [0.15, 0.2) is 36.0 Å². The molecule has 0 spiro atoms. The molecule has 1 saturated heterocycles. The summed E-state index contributed by atoms with van der Waals surface area (Å²) in [6, 6.07) is 8.42. The third-order valence-corrected chi connectivity index (χ3v) is 3.93. The lowest BCUT2D eigenvalue weighted by molar-refractivity contribution is -0.117. The third kappa shape index (κ3) is 6.53. The van der Waals surface area contributed by atoms with E-state index in [1.807, 2.05) is 6.07 Å². The van der Waals surface area contributed by atoms with Crippen molar-refractivity contribution in [2.45, 2.75) is 6.42 Å². The van der Waals surface area contributed by atoms with Crippen molar-refractivity contribution in [2.75, 3.05) is 45.9 Å². The van der Waals surface area contributed by atoms with Crippen LogP contribution >= 0.6 is 0 Å². The van der Waals surface area contributed by atoms with Crippen LogP contribution in [0.2, 0.25) is 0 Å². The number of nitrogens with zero attached hydrogens (tertiary/aromatic N) is 2. The Hall–Kier alpha value is -2.43. The molecule has 1 aliphatic rings. The van der Waals surface area contributed by atoms with E-state index in [2.05, 4.69) is 15.5 Å².